The van der Waals surface area contributed by atoms with Gasteiger partial charge in [0.25, 0.3) is 0 Å². The average Bonchev–Trinajstić information content (AvgIpc) is 2.32. The Hall–Kier alpha value is -0.860. The predicted molar refractivity (Wildman–Crippen MR) is 77.9 cm³/mol. The van der Waals surface area contributed by atoms with E-state index in [-0.39, 0.29) is 12.1 Å². The zero-order valence-electron chi connectivity index (χ0n) is 12.4. The highest BCUT2D eigenvalue weighted by atomic mass is 16.3. The molecular weight excluding hydrogens is 222 g/mol. The van der Waals surface area contributed by atoms with Gasteiger partial charge in [0.1, 0.15) is 0 Å². The molecule has 2 nitrogen and oxygen atoms in total. The molecule has 102 valence electrons. The Morgan fingerprint density at radius 3 is 2.28 bits per heavy atom. The molecule has 18 heavy (non-hydrogen) atoms. The molecule has 1 rings (SSSR count). The number of aliphatic hydroxyl groups excluding tert-OH is 1. The predicted octanol–water partition coefficient (Wildman–Crippen LogP) is 3.25. The Labute approximate surface area is 111 Å². The van der Waals surface area contributed by atoms with Gasteiger partial charge in [-0.15, -0.1) is 0 Å². The minimum Gasteiger partial charge on any atom is -0.394 e. The molecule has 0 saturated heterocycles. The first-order valence-electron chi connectivity index (χ1n) is 6.84. The van der Waals surface area contributed by atoms with Crippen molar-refractivity contribution in [3.05, 3.63) is 34.4 Å². The molecule has 0 aliphatic heterocycles. The van der Waals surface area contributed by atoms with Gasteiger partial charge in [0, 0.05) is 12.1 Å². The molecule has 2 N–H and O–H groups in total. The van der Waals surface area contributed by atoms with Crippen molar-refractivity contribution in [1.29, 1.82) is 0 Å². The molecule has 0 aliphatic carbocycles. The Morgan fingerprint density at radius 2 is 1.72 bits per heavy atom. The van der Waals surface area contributed by atoms with Crippen molar-refractivity contribution in [1.82, 2.24) is 5.32 Å². The maximum Gasteiger partial charge on any atom is 0.0610 e. The van der Waals surface area contributed by atoms with E-state index in [1.807, 2.05) is 0 Å². The van der Waals surface area contributed by atoms with Crippen LogP contribution in [0.25, 0.3) is 0 Å². The van der Waals surface area contributed by atoms with Crippen molar-refractivity contribution in [3.63, 3.8) is 0 Å². The summed E-state index contributed by atoms with van der Waals surface area (Å²) >= 11 is 0. The molecule has 1 aromatic rings. The number of aliphatic hydroxyl groups is 1. The zero-order valence-corrected chi connectivity index (χ0v) is 12.4. The highest BCUT2D eigenvalue weighted by Crippen LogP contribution is 2.17. The van der Waals surface area contributed by atoms with Crippen LogP contribution in [-0.2, 0) is 6.54 Å². The fourth-order valence-electron chi connectivity index (χ4n) is 2.29. The summed E-state index contributed by atoms with van der Waals surface area (Å²) in [5.74, 6) is 0. The van der Waals surface area contributed by atoms with Crippen LogP contribution < -0.4 is 5.32 Å². The third-order valence-electron chi connectivity index (χ3n) is 3.81. The van der Waals surface area contributed by atoms with Gasteiger partial charge in [0.2, 0.25) is 0 Å². The lowest BCUT2D eigenvalue weighted by Gasteiger charge is -2.29. The van der Waals surface area contributed by atoms with Crippen LogP contribution in [0.15, 0.2) is 12.1 Å². The van der Waals surface area contributed by atoms with E-state index in [0.29, 0.717) is 0 Å². The number of rotatable bonds is 6. The van der Waals surface area contributed by atoms with E-state index >= 15 is 0 Å². The second kappa shape index (κ2) is 6.35. The van der Waals surface area contributed by atoms with Gasteiger partial charge in [-0.3, -0.25) is 0 Å². The quantitative estimate of drug-likeness (QED) is 0.811. The summed E-state index contributed by atoms with van der Waals surface area (Å²) < 4.78 is 0. The van der Waals surface area contributed by atoms with Crippen LogP contribution >= 0.6 is 0 Å². The highest BCUT2D eigenvalue weighted by Gasteiger charge is 2.21. The lowest BCUT2D eigenvalue weighted by Crippen LogP contribution is -2.45. The molecule has 0 aliphatic rings. The normalized spacial score (nSPS) is 14.6. The number of benzene rings is 1. The van der Waals surface area contributed by atoms with Gasteiger partial charge in [0.05, 0.1) is 6.61 Å². The van der Waals surface area contributed by atoms with Crippen molar-refractivity contribution in [2.75, 3.05) is 6.61 Å². The number of hydrogen-bond donors (Lipinski definition) is 2. The minimum absolute atomic E-state index is 0.167. The number of nitrogens with one attached hydrogen (secondary N) is 1. The lowest BCUT2D eigenvalue weighted by atomic mass is 9.95. The first-order valence-corrected chi connectivity index (χ1v) is 6.84. The smallest absolute Gasteiger partial charge is 0.0610 e. The Kier molecular flexibility index (Phi) is 5.36. The van der Waals surface area contributed by atoms with Crippen LogP contribution in [-0.4, -0.2) is 17.3 Å². The molecule has 0 amide bonds. The Morgan fingerprint density at radius 1 is 1.11 bits per heavy atom. The minimum atomic E-state index is -0.167. The van der Waals surface area contributed by atoms with Crippen LogP contribution in [0.2, 0.25) is 0 Å². The third kappa shape index (κ3) is 3.82. The molecule has 0 unspecified atom stereocenters. The Bertz CT molecular complexity index is 400. The molecule has 0 spiro atoms. The molecule has 1 aromatic carbocycles. The van der Waals surface area contributed by atoms with Gasteiger partial charge in [0.15, 0.2) is 0 Å². The van der Waals surface area contributed by atoms with Gasteiger partial charge >= 0.3 is 0 Å². The first-order chi connectivity index (χ1) is 8.41. The third-order valence-corrected chi connectivity index (χ3v) is 3.81. The summed E-state index contributed by atoms with van der Waals surface area (Å²) in [5, 5.41) is 13.0. The fourth-order valence-corrected chi connectivity index (χ4v) is 2.29. The molecule has 0 fully saturated rings. The first kappa shape index (κ1) is 15.2. The highest BCUT2D eigenvalue weighted by molar-refractivity contribution is 5.36. The SMILES string of the molecule is CCC[C@](C)(CO)NCc1cc(C)c(C)cc1C. The fraction of sp³-hybridized carbons (Fsp3) is 0.625. The molecule has 0 aromatic heterocycles. The standard InChI is InChI=1S/C16H27NO/c1-6-7-16(5,11-18)17-10-15-9-13(3)12(2)8-14(15)4/h8-9,17-18H,6-7,10-11H2,1-5H3/t16-/m1/s1. The molecule has 2 heteroatoms. The van der Waals surface area contributed by atoms with E-state index in [2.05, 4.69) is 52.1 Å². The largest absolute Gasteiger partial charge is 0.394 e. The van der Waals surface area contributed by atoms with E-state index < -0.39 is 0 Å². The molecule has 1 atom stereocenters. The second-order valence-corrected chi connectivity index (χ2v) is 5.69. The van der Waals surface area contributed by atoms with Gasteiger partial charge in [-0.25, -0.2) is 0 Å². The van der Waals surface area contributed by atoms with Crippen molar-refractivity contribution in [3.8, 4) is 0 Å². The summed E-state index contributed by atoms with van der Waals surface area (Å²) in [6, 6.07) is 4.49. The summed E-state index contributed by atoms with van der Waals surface area (Å²) in [5.41, 5.74) is 5.16. The van der Waals surface area contributed by atoms with Crippen molar-refractivity contribution in [2.45, 2.75) is 59.5 Å². The maximum absolute atomic E-state index is 9.50. The molecule has 0 heterocycles. The van der Waals surface area contributed by atoms with Crippen LogP contribution in [0.1, 0.15) is 48.9 Å². The molecule has 0 radical (unpaired) electrons. The number of hydrogen-bond acceptors (Lipinski definition) is 2. The summed E-state index contributed by atoms with van der Waals surface area (Å²) in [6.45, 7) is 11.7. The molecular formula is C16H27NO. The van der Waals surface area contributed by atoms with Crippen LogP contribution in [0.4, 0.5) is 0 Å². The topological polar surface area (TPSA) is 32.3 Å². The summed E-state index contributed by atoms with van der Waals surface area (Å²) in [7, 11) is 0. The van der Waals surface area contributed by atoms with E-state index in [1.54, 1.807) is 0 Å². The average molecular weight is 249 g/mol. The maximum atomic E-state index is 9.50. The van der Waals surface area contributed by atoms with E-state index in [0.717, 1.165) is 19.4 Å². The molecule has 0 saturated carbocycles. The van der Waals surface area contributed by atoms with Crippen molar-refractivity contribution >= 4 is 0 Å². The van der Waals surface area contributed by atoms with Crippen molar-refractivity contribution < 1.29 is 5.11 Å². The second-order valence-electron chi connectivity index (χ2n) is 5.69. The van der Waals surface area contributed by atoms with Crippen molar-refractivity contribution in [2.24, 2.45) is 0 Å². The summed E-state index contributed by atoms with van der Waals surface area (Å²) in [6.07, 6.45) is 2.07. The van der Waals surface area contributed by atoms with Gasteiger partial charge in [-0.2, -0.15) is 0 Å². The zero-order chi connectivity index (χ0) is 13.8. The molecule has 0 bridgehead atoms. The monoisotopic (exact) mass is 249 g/mol. The van der Waals surface area contributed by atoms with Crippen LogP contribution in [0, 0.1) is 20.8 Å². The van der Waals surface area contributed by atoms with E-state index in [1.165, 1.54) is 22.3 Å². The van der Waals surface area contributed by atoms with E-state index in [4.69, 9.17) is 0 Å². The van der Waals surface area contributed by atoms with Crippen LogP contribution in [0.5, 0.6) is 0 Å². The van der Waals surface area contributed by atoms with E-state index in [9.17, 15) is 5.11 Å². The Balaban J connectivity index is 2.76. The van der Waals surface area contributed by atoms with Gasteiger partial charge < -0.3 is 10.4 Å². The summed E-state index contributed by atoms with van der Waals surface area (Å²) in [4.78, 5) is 0. The lowest BCUT2D eigenvalue weighted by molar-refractivity contribution is 0.163. The van der Waals surface area contributed by atoms with Crippen LogP contribution in [0.3, 0.4) is 0 Å². The van der Waals surface area contributed by atoms with Gasteiger partial charge in [-0.05, 0) is 56.4 Å². The number of aryl methyl sites for hydroxylation is 3. The van der Waals surface area contributed by atoms with Gasteiger partial charge in [-0.1, -0.05) is 25.5 Å².